The Labute approximate surface area is 72.6 Å². The minimum absolute atomic E-state index is 0.0116. The van der Waals surface area contributed by atoms with Crippen LogP contribution in [0, 0.1) is 0 Å². The van der Waals surface area contributed by atoms with Crippen LogP contribution in [0.15, 0.2) is 6.20 Å². The second-order valence-corrected chi connectivity index (χ2v) is 2.82. The number of hydrogen-bond acceptors (Lipinski definition) is 2. The first-order chi connectivity index (χ1) is 5.91. The molecule has 0 aromatic carbocycles. The first-order valence-corrected chi connectivity index (χ1v) is 3.68. The van der Waals surface area contributed by atoms with Crippen LogP contribution in [0.1, 0.15) is 18.2 Å². The molecule has 1 aromatic heterocycles. The van der Waals surface area contributed by atoms with Crippen molar-refractivity contribution < 1.29 is 18.3 Å². The fraction of sp³-hybridized carbons (Fsp3) is 0.571. The first kappa shape index (κ1) is 10.0. The number of halogens is 3. The molecular weight excluding hydrogens is 185 g/mol. The molecule has 0 aliphatic rings. The number of aliphatic hydroxyl groups excluding tert-OH is 1. The number of alkyl halides is 3. The Balaban J connectivity index is 2.90. The second kappa shape index (κ2) is 3.37. The van der Waals surface area contributed by atoms with Gasteiger partial charge in [-0.3, -0.25) is 5.10 Å². The van der Waals surface area contributed by atoms with Crippen LogP contribution in [0.3, 0.4) is 0 Å². The molecule has 0 amide bonds. The van der Waals surface area contributed by atoms with Crippen LogP contribution < -0.4 is 0 Å². The van der Waals surface area contributed by atoms with Gasteiger partial charge in [0, 0.05) is 12.0 Å². The monoisotopic (exact) mass is 194 g/mol. The minimum Gasteiger partial charge on any atom is -0.393 e. The highest BCUT2D eigenvalue weighted by Gasteiger charge is 2.35. The molecule has 1 aromatic rings. The van der Waals surface area contributed by atoms with E-state index in [1.165, 1.54) is 6.92 Å². The highest BCUT2D eigenvalue weighted by atomic mass is 19.4. The molecule has 6 heteroatoms. The summed E-state index contributed by atoms with van der Waals surface area (Å²) in [5, 5.41) is 14.1. The van der Waals surface area contributed by atoms with Gasteiger partial charge in [0.1, 0.15) is 5.69 Å². The summed E-state index contributed by atoms with van der Waals surface area (Å²) >= 11 is 0. The summed E-state index contributed by atoms with van der Waals surface area (Å²) in [6.45, 7) is 1.42. The normalized spacial score (nSPS) is 14.5. The van der Waals surface area contributed by atoms with Crippen LogP contribution in [0.25, 0.3) is 0 Å². The predicted octanol–water partition coefficient (Wildman–Crippen LogP) is 1.35. The number of H-pyrrole nitrogens is 1. The number of aromatic amines is 1. The van der Waals surface area contributed by atoms with Gasteiger partial charge in [-0.05, 0) is 6.92 Å². The molecule has 0 spiro atoms. The van der Waals surface area contributed by atoms with E-state index >= 15 is 0 Å². The summed E-state index contributed by atoms with van der Waals surface area (Å²) < 4.78 is 36.5. The quantitative estimate of drug-likeness (QED) is 0.746. The van der Waals surface area contributed by atoms with Gasteiger partial charge in [0.2, 0.25) is 0 Å². The number of aliphatic hydroxyl groups is 1. The third kappa shape index (κ3) is 2.45. The third-order valence-corrected chi connectivity index (χ3v) is 1.52. The molecule has 0 bridgehead atoms. The molecule has 0 aliphatic heterocycles. The van der Waals surface area contributed by atoms with Gasteiger partial charge < -0.3 is 5.11 Å². The average Bonchev–Trinajstić information content (AvgIpc) is 2.31. The molecule has 0 radical (unpaired) electrons. The molecule has 0 fully saturated rings. The van der Waals surface area contributed by atoms with E-state index in [0.717, 1.165) is 6.20 Å². The molecule has 0 aliphatic carbocycles. The summed E-state index contributed by atoms with van der Waals surface area (Å²) in [6, 6.07) is 0. The first-order valence-electron chi connectivity index (χ1n) is 3.68. The van der Waals surface area contributed by atoms with Crippen LogP contribution >= 0.6 is 0 Å². The predicted molar refractivity (Wildman–Crippen MR) is 39.0 cm³/mol. The molecular formula is C7H9F3N2O. The molecule has 0 saturated heterocycles. The zero-order chi connectivity index (χ0) is 10.1. The minimum atomic E-state index is -4.43. The average molecular weight is 194 g/mol. The number of rotatable bonds is 2. The van der Waals surface area contributed by atoms with Crippen LogP contribution in [0.4, 0.5) is 13.2 Å². The fourth-order valence-electron chi connectivity index (χ4n) is 1.03. The Morgan fingerprint density at radius 1 is 1.62 bits per heavy atom. The zero-order valence-electron chi connectivity index (χ0n) is 6.89. The molecule has 1 heterocycles. The number of nitrogens with one attached hydrogen (secondary N) is 1. The lowest BCUT2D eigenvalue weighted by Gasteiger charge is -2.07. The smallest absolute Gasteiger partial charge is 0.393 e. The van der Waals surface area contributed by atoms with Crippen molar-refractivity contribution in [3.63, 3.8) is 0 Å². The maximum atomic E-state index is 12.2. The Kier molecular flexibility index (Phi) is 2.60. The molecule has 0 saturated carbocycles. The van der Waals surface area contributed by atoms with Gasteiger partial charge in [-0.15, -0.1) is 0 Å². The molecule has 1 rings (SSSR count). The van der Waals surface area contributed by atoms with Gasteiger partial charge in [-0.1, -0.05) is 0 Å². The molecule has 2 N–H and O–H groups in total. The number of hydrogen-bond donors (Lipinski definition) is 2. The third-order valence-electron chi connectivity index (χ3n) is 1.52. The van der Waals surface area contributed by atoms with E-state index in [0.29, 0.717) is 0 Å². The Hall–Kier alpha value is -1.04. The summed E-state index contributed by atoms with van der Waals surface area (Å²) in [7, 11) is 0. The maximum absolute atomic E-state index is 12.2. The van der Waals surface area contributed by atoms with E-state index in [4.69, 9.17) is 5.11 Å². The Morgan fingerprint density at radius 3 is 2.69 bits per heavy atom. The summed E-state index contributed by atoms with van der Waals surface area (Å²) in [4.78, 5) is 0. The summed E-state index contributed by atoms with van der Waals surface area (Å²) in [5.41, 5.74) is -0.893. The summed E-state index contributed by atoms with van der Waals surface area (Å²) in [5.74, 6) is 0. The standard InChI is InChI=1S/C7H9F3N2O/c1-4(13)2-5-3-11-12-6(5)7(8,9)10/h3-4,13H,2H2,1H3,(H,11,12). The van der Waals surface area contributed by atoms with Crippen molar-refractivity contribution in [2.45, 2.75) is 25.6 Å². The maximum Gasteiger partial charge on any atom is 0.433 e. The van der Waals surface area contributed by atoms with Crippen LogP contribution in [0.2, 0.25) is 0 Å². The van der Waals surface area contributed by atoms with Crippen LogP contribution in [-0.4, -0.2) is 21.4 Å². The van der Waals surface area contributed by atoms with E-state index in [1.807, 2.05) is 5.10 Å². The highest BCUT2D eigenvalue weighted by Crippen LogP contribution is 2.30. The SMILES string of the molecule is CC(O)Cc1cn[nH]c1C(F)(F)F. The Morgan fingerprint density at radius 2 is 2.23 bits per heavy atom. The number of nitrogens with zero attached hydrogens (tertiary/aromatic N) is 1. The lowest BCUT2D eigenvalue weighted by molar-refractivity contribution is -0.141. The topological polar surface area (TPSA) is 48.9 Å². The van der Waals surface area contributed by atoms with E-state index in [9.17, 15) is 13.2 Å². The van der Waals surface area contributed by atoms with Gasteiger partial charge >= 0.3 is 6.18 Å². The highest BCUT2D eigenvalue weighted by molar-refractivity contribution is 5.19. The zero-order valence-corrected chi connectivity index (χ0v) is 6.89. The van der Waals surface area contributed by atoms with E-state index in [2.05, 4.69) is 5.10 Å². The molecule has 1 unspecified atom stereocenters. The van der Waals surface area contributed by atoms with Crippen molar-refractivity contribution in [2.75, 3.05) is 0 Å². The van der Waals surface area contributed by atoms with Gasteiger partial charge in [-0.25, -0.2) is 0 Å². The van der Waals surface area contributed by atoms with E-state index in [1.54, 1.807) is 0 Å². The van der Waals surface area contributed by atoms with Gasteiger partial charge in [0.25, 0.3) is 0 Å². The Bertz CT molecular complexity index is 280. The molecule has 1 atom stereocenters. The van der Waals surface area contributed by atoms with Crippen molar-refractivity contribution >= 4 is 0 Å². The molecule has 3 nitrogen and oxygen atoms in total. The second-order valence-electron chi connectivity index (χ2n) is 2.82. The van der Waals surface area contributed by atoms with E-state index < -0.39 is 18.0 Å². The van der Waals surface area contributed by atoms with Gasteiger partial charge in [0.15, 0.2) is 0 Å². The molecule has 13 heavy (non-hydrogen) atoms. The summed E-state index contributed by atoms with van der Waals surface area (Å²) in [6.07, 6.45) is -4.21. The van der Waals surface area contributed by atoms with Crippen molar-refractivity contribution in [2.24, 2.45) is 0 Å². The van der Waals surface area contributed by atoms with Crippen LogP contribution in [-0.2, 0) is 12.6 Å². The van der Waals surface area contributed by atoms with Crippen LogP contribution in [0.5, 0.6) is 0 Å². The number of aromatic nitrogens is 2. The van der Waals surface area contributed by atoms with E-state index in [-0.39, 0.29) is 12.0 Å². The fourth-order valence-corrected chi connectivity index (χ4v) is 1.03. The van der Waals surface area contributed by atoms with Gasteiger partial charge in [0.05, 0.1) is 12.3 Å². The van der Waals surface area contributed by atoms with Crippen molar-refractivity contribution in [3.8, 4) is 0 Å². The van der Waals surface area contributed by atoms with Crippen molar-refractivity contribution in [3.05, 3.63) is 17.5 Å². The van der Waals surface area contributed by atoms with Gasteiger partial charge in [-0.2, -0.15) is 18.3 Å². The lowest BCUT2D eigenvalue weighted by Crippen LogP contribution is -2.12. The lowest BCUT2D eigenvalue weighted by atomic mass is 10.1. The van der Waals surface area contributed by atoms with Crippen molar-refractivity contribution in [1.82, 2.24) is 10.2 Å². The van der Waals surface area contributed by atoms with Crippen molar-refractivity contribution in [1.29, 1.82) is 0 Å². The molecule has 74 valence electrons. The largest absolute Gasteiger partial charge is 0.433 e.